The van der Waals surface area contributed by atoms with Gasteiger partial charge in [0.25, 0.3) is 0 Å². The second-order valence-electron chi connectivity index (χ2n) is 4.79. The van der Waals surface area contributed by atoms with Crippen molar-refractivity contribution in [3.05, 3.63) is 33.0 Å². The zero-order valence-corrected chi connectivity index (χ0v) is 12.1. The summed E-state index contributed by atoms with van der Waals surface area (Å²) in [5.41, 5.74) is 8.61. The molecule has 0 aliphatic heterocycles. The van der Waals surface area contributed by atoms with Crippen LogP contribution in [-0.2, 0) is 13.0 Å². The van der Waals surface area contributed by atoms with Crippen LogP contribution in [0.15, 0.2) is 16.8 Å². The molecule has 0 amide bonds. The molecular weight excluding hydrogens is 262 g/mol. The lowest BCUT2D eigenvalue weighted by Gasteiger charge is -2.16. The number of hydrogen-bond donors (Lipinski definition) is 1. The lowest BCUT2D eigenvalue weighted by Crippen LogP contribution is -2.18. The SMILES string of the molecule is CN(Cc1ccsc1)c1nc2c(s1)CCCC2N. The first kappa shape index (κ1) is 12.1. The second-order valence-corrected chi connectivity index (χ2v) is 6.63. The molecule has 3 nitrogen and oxygen atoms in total. The Bertz CT molecular complexity index is 518. The summed E-state index contributed by atoms with van der Waals surface area (Å²) < 4.78 is 0. The van der Waals surface area contributed by atoms with E-state index in [2.05, 4.69) is 28.8 Å². The minimum atomic E-state index is 0.147. The fourth-order valence-electron chi connectivity index (χ4n) is 2.33. The van der Waals surface area contributed by atoms with E-state index < -0.39 is 0 Å². The summed E-state index contributed by atoms with van der Waals surface area (Å²) in [6.07, 6.45) is 3.42. The third kappa shape index (κ3) is 2.30. The molecule has 3 rings (SSSR count). The van der Waals surface area contributed by atoms with Crippen molar-refractivity contribution >= 4 is 27.8 Å². The third-order valence-corrected chi connectivity index (χ3v) is 5.29. The molecule has 2 aromatic rings. The number of thiophene rings is 1. The van der Waals surface area contributed by atoms with E-state index in [-0.39, 0.29) is 6.04 Å². The minimum Gasteiger partial charge on any atom is -0.347 e. The predicted molar refractivity (Wildman–Crippen MR) is 78.4 cm³/mol. The van der Waals surface area contributed by atoms with Gasteiger partial charge in [-0.2, -0.15) is 11.3 Å². The summed E-state index contributed by atoms with van der Waals surface area (Å²) in [6, 6.07) is 2.31. The van der Waals surface area contributed by atoms with Crippen LogP contribution in [0.1, 0.15) is 35.0 Å². The maximum Gasteiger partial charge on any atom is 0.185 e. The Morgan fingerprint density at radius 2 is 2.44 bits per heavy atom. The van der Waals surface area contributed by atoms with Crippen molar-refractivity contribution in [1.82, 2.24) is 4.98 Å². The maximum atomic E-state index is 6.12. The Kier molecular flexibility index (Phi) is 3.37. The average Bonchev–Trinajstić information content (AvgIpc) is 2.97. The van der Waals surface area contributed by atoms with Gasteiger partial charge in [-0.05, 0) is 41.7 Å². The molecule has 5 heteroatoms. The van der Waals surface area contributed by atoms with E-state index in [4.69, 9.17) is 10.7 Å². The molecular formula is C13H17N3S2. The van der Waals surface area contributed by atoms with E-state index >= 15 is 0 Å². The van der Waals surface area contributed by atoms with Gasteiger partial charge >= 0.3 is 0 Å². The second kappa shape index (κ2) is 4.99. The Morgan fingerprint density at radius 1 is 1.56 bits per heavy atom. The van der Waals surface area contributed by atoms with E-state index in [1.54, 1.807) is 11.3 Å². The standard InChI is InChI=1S/C13H17N3S2/c1-16(7-9-5-6-17-8-9)13-15-12-10(14)3-2-4-11(12)18-13/h5-6,8,10H,2-4,7,14H2,1H3. The molecule has 18 heavy (non-hydrogen) atoms. The number of nitrogens with zero attached hydrogens (tertiary/aromatic N) is 2. The first-order valence-corrected chi connectivity index (χ1v) is 7.97. The molecule has 2 heterocycles. The van der Waals surface area contributed by atoms with Gasteiger partial charge in [0, 0.05) is 24.5 Å². The van der Waals surface area contributed by atoms with Crippen LogP contribution >= 0.6 is 22.7 Å². The van der Waals surface area contributed by atoms with Crippen molar-refractivity contribution in [2.45, 2.75) is 31.8 Å². The van der Waals surface area contributed by atoms with Gasteiger partial charge < -0.3 is 10.6 Å². The predicted octanol–water partition coefficient (Wildman–Crippen LogP) is 3.18. The van der Waals surface area contributed by atoms with Crippen molar-refractivity contribution < 1.29 is 0 Å². The number of aryl methyl sites for hydroxylation is 1. The lowest BCUT2D eigenvalue weighted by atomic mass is 9.99. The molecule has 2 N–H and O–H groups in total. The lowest BCUT2D eigenvalue weighted by molar-refractivity contribution is 0.563. The smallest absolute Gasteiger partial charge is 0.185 e. The van der Waals surface area contributed by atoms with Gasteiger partial charge in [0.15, 0.2) is 5.13 Å². The topological polar surface area (TPSA) is 42.2 Å². The van der Waals surface area contributed by atoms with E-state index in [9.17, 15) is 0 Å². The van der Waals surface area contributed by atoms with Gasteiger partial charge in [0.1, 0.15) is 0 Å². The molecule has 0 spiro atoms. The van der Waals surface area contributed by atoms with Crippen LogP contribution in [0.25, 0.3) is 0 Å². The van der Waals surface area contributed by atoms with Crippen LogP contribution in [0.4, 0.5) is 5.13 Å². The molecule has 0 saturated carbocycles. The minimum absolute atomic E-state index is 0.147. The zero-order chi connectivity index (χ0) is 12.5. The van der Waals surface area contributed by atoms with Gasteiger partial charge in [0.2, 0.25) is 0 Å². The molecule has 1 aliphatic carbocycles. The van der Waals surface area contributed by atoms with Gasteiger partial charge in [-0.15, -0.1) is 11.3 Å². The highest BCUT2D eigenvalue weighted by molar-refractivity contribution is 7.15. The summed E-state index contributed by atoms with van der Waals surface area (Å²) >= 11 is 3.55. The molecule has 1 unspecified atom stereocenters. The largest absolute Gasteiger partial charge is 0.347 e. The molecule has 0 bridgehead atoms. The highest BCUT2D eigenvalue weighted by atomic mass is 32.1. The van der Waals surface area contributed by atoms with Gasteiger partial charge in [-0.1, -0.05) is 0 Å². The van der Waals surface area contributed by atoms with Crippen molar-refractivity contribution in [2.75, 3.05) is 11.9 Å². The quantitative estimate of drug-likeness (QED) is 0.938. The Labute approximate surface area is 115 Å². The average molecular weight is 279 g/mol. The Morgan fingerprint density at radius 3 is 3.17 bits per heavy atom. The first-order chi connectivity index (χ1) is 8.74. The number of nitrogens with two attached hydrogens (primary N) is 1. The summed E-state index contributed by atoms with van der Waals surface area (Å²) in [7, 11) is 2.10. The summed E-state index contributed by atoms with van der Waals surface area (Å²) in [5, 5.41) is 5.41. The van der Waals surface area contributed by atoms with Crippen LogP contribution in [0, 0.1) is 0 Å². The molecule has 0 fully saturated rings. The molecule has 0 aromatic carbocycles. The van der Waals surface area contributed by atoms with Gasteiger partial charge in [0.05, 0.1) is 5.69 Å². The van der Waals surface area contributed by atoms with Crippen molar-refractivity contribution in [1.29, 1.82) is 0 Å². The molecule has 1 aliphatic rings. The van der Waals surface area contributed by atoms with Crippen molar-refractivity contribution in [2.24, 2.45) is 5.73 Å². The number of hydrogen-bond acceptors (Lipinski definition) is 5. The van der Waals surface area contributed by atoms with Crippen LogP contribution in [0.3, 0.4) is 0 Å². The third-order valence-electron chi connectivity index (χ3n) is 3.31. The molecule has 96 valence electrons. The van der Waals surface area contributed by atoms with E-state index in [1.807, 2.05) is 11.3 Å². The van der Waals surface area contributed by atoms with E-state index in [0.717, 1.165) is 30.2 Å². The summed E-state index contributed by atoms with van der Waals surface area (Å²) in [4.78, 5) is 8.34. The van der Waals surface area contributed by atoms with Crippen molar-refractivity contribution in [3.63, 3.8) is 0 Å². The zero-order valence-electron chi connectivity index (χ0n) is 10.4. The number of anilines is 1. The molecule has 1 atom stereocenters. The van der Waals surface area contributed by atoms with Crippen LogP contribution in [0.2, 0.25) is 0 Å². The summed E-state index contributed by atoms with van der Waals surface area (Å²) in [6.45, 7) is 0.922. The van der Waals surface area contributed by atoms with E-state index in [0.29, 0.717) is 0 Å². The number of aromatic nitrogens is 1. The summed E-state index contributed by atoms with van der Waals surface area (Å²) in [5.74, 6) is 0. The van der Waals surface area contributed by atoms with E-state index in [1.165, 1.54) is 16.9 Å². The van der Waals surface area contributed by atoms with Crippen molar-refractivity contribution in [3.8, 4) is 0 Å². The fourth-order valence-corrected chi connectivity index (χ4v) is 4.12. The normalized spacial score (nSPS) is 18.7. The highest BCUT2D eigenvalue weighted by Gasteiger charge is 2.22. The first-order valence-electron chi connectivity index (χ1n) is 6.21. The van der Waals surface area contributed by atoms with Crippen LogP contribution in [0.5, 0.6) is 0 Å². The fraction of sp³-hybridized carbons (Fsp3) is 0.462. The number of fused-ring (bicyclic) bond motifs is 1. The van der Waals surface area contributed by atoms with Crippen LogP contribution in [-0.4, -0.2) is 12.0 Å². The highest BCUT2D eigenvalue weighted by Crippen LogP contribution is 2.35. The number of thiazole rings is 1. The molecule has 0 saturated heterocycles. The van der Waals surface area contributed by atoms with Gasteiger partial charge in [-0.3, -0.25) is 0 Å². The molecule has 0 radical (unpaired) electrons. The Balaban J connectivity index is 1.80. The maximum absolute atomic E-state index is 6.12. The number of rotatable bonds is 3. The monoisotopic (exact) mass is 279 g/mol. The van der Waals surface area contributed by atoms with Crippen LogP contribution < -0.4 is 10.6 Å². The Hall–Kier alpha value is -0.910. The molecule has 2 aromatic heterocycles. The van der Waals surface area contributed by atoms with Gasteiger partial charge in [-0.25, -0.2) is 4.98 Å².